The first-order valence-corrected chi connectivity index (χ1v) is 5.72. The maximum atomic E-state index is 12.1. The molecule has 0 aliphatic heterocycles. The first-order valence-electron chi connectivity index (χ1n) is 5.72. The molecule has 0 fully saturated rings. The molecule has 21 heavy (non-hydrogen) atoms. The van der Waals surface area contributed by atoms with Gasteiger partial charge in [0.05, 0.1) is 19.6 Å². The highest BCUT2D eigenvalue weighted by molar-refractivity contribution is 5.70. The number of rotatable bonds is 5. The summed E-state index contributed by atoms with van der Waals surface area (Å²) in [7, 11) is 1.09. The fraction of sp³-hybridized carbons (Fsp3) is 0.417. The van der Waals surface area contributed by atoms with E-state index in [1.807, 2.05) is 0 Å². The average molecular weight is 309 g/mol. The van der Waals surface area contributed by atoms with Gasteiger partial charge in [0.15, 0.2) is 0 Å². The van der Waals surface area contributed by atoms with E-state index in [1.54, 1.807) is 0 Å². The molecule has 9 heteroatoms. The molecule has 1 rings (SSSR count). The van der Waals surface area contributed by atoms with Crippen molar-refractivity contribution in [1.29, 1.82) is 0 Å². The Morgan fingerprint density at radius 2 is 2.00 bits per heavy atom. The van der Waals surface area contributed by atoms with Crippen LogP contribution in [0, 0.1) is 0 Å². The Kier molecular flexibility index (Phi) is 5.39. The standard InChI is InChI=1S/C12H14F3NO5/c1-20-10(18)5-9(17)11(19)7-4-6(2-3-8(7)16)21-12(13,14)15/h2-4,9,11,17,19H,5,16H2,1H3. The molecular formula is C12H14F3NO5. The molecule has 0 aliphatic rings. The monoisotopic (exact) mass is 309 g/mol. The second-order valence-corrected chi connectivity index (χ2v) is 4.13. The number of carbonyl (C=O) groups is 1. The summed E-state index contributed by atoms with van der Waals surface area (Å²) in [6, 6.07) is 2.89. The molecule has 4 N–H and O–H groups in total. The van der Waals surface area contributed by atoms with Crippen molar-refractivity contribution in [2.45, 2.75) is 25.0 Å². The molecule has 0 amide bonds. The molecular weight excluding hydrogens is 295 g/mol. The van der Waals surface area contributed by atoms with Gasteiger partial charge in [-0.05, 0) is 18.2 Å². The van der Waals surface area contributed by atoms with Crippen molar-refractivity contribution < 1.29 is 37.7 Å². The number of alkyl halides is 3. The van der Waals surface area contributed by atoms with Gasteiger partial charge >= 0.3 is 12.3 Å². The lowest BCUT2D eigenvalue weighted by molar-refractivity contribution is -0.274. The van der Waals surface area contributed by atoms with Crippen LogP contribution in [-0.2, 0) is 9.53 Å². The van der Waals surface area contributed by atoms with Gasteiger partial charge in [-0.2, -0.15) is 0 Å². The number of halogens is 3. The van der Waals surface area contributed by atoms with Gasteiger partial charge in [-0.3, -0.25) is 4.79 Å². The third-order valence-corrected chi connectivity index (χ3v) is 2.58. The number of hydrogen-bond donors (Lipinski definition) is 3. The van der Waals surface area contributed by atoms with Gasteiger partial charge in [0, 0.05) is 11.3 Å². The third-order valence-electron chi connectivity index (χ3n) is 2.58. The van der Waals surface area contributed by atoms with Crippen molar-refractivity contribution in [3.05, 3.63) is 23.8 Å². The van der Waals surface area contributed by atoms with Crippen molar-refractivity contribution >= 4 is 11.7 Å². The zero-order valence-electron chi connectivity index (χ0n) is 10.9. The van der Waals surface area contributed by atoms with E-state index in [2.05, 4.69) is 9.47 Å². The van der Waals surface area contributed by atoms with Gasteiger partial charge in [-0.15, -0.1) is 13.2 Å². The number of nitrogens with two attached hydrogens (primary N) is 1. The molecule has 2 unspecified atom stereocenters. The number of aliphatic hydroxyl groups excluding tert-OH is 2. The summed E-state index contributed by atoms with van der Waals surface area (Å²) >= 11 is 0. The van der Waals surface area contributed by atoms with E-state index in [1.165, 1.54) is 0 Å². The number of carbonyl (C=O) groups excluding carboxylic acids is 1. The van der Waals surface area contributed by atoms with Crippen LogP contribution in [-0.4, -0.2) is 35.8 Å². The van der Waals surface area contributed by atoms with Crippen LogP contribution in [0.1, 0.15) is 18.1 Å². The van der Waals surface area contributed by atoms with Crippen LogP contribution in [0.5, 0.6) is 5.75 Å². The highest BCUT2D eigenvalue weighted by Gasteiger charge is 2.32. The summed E-state index contributed by atoms with van der Waals surface area (Å²) in [4.78, 5) is 11.0. The molecule has 0 bridgehead atoms. The number of nitrogen functional groups attached to an aromatic ring is 1. The zero-order valence-corrected chi connectivity index (χ0v) is 10.9. The molecule has 0 aromatic heterocycles. The predicted molar refractivity (Wildman–Crippen MR) is 65.1 cm³/mol. The lowest BCUT2D eigenvalue weighted by atomic mass is 10.0. The van der Waals surface area contributed by atoms with Crippen LogP contribution in [0.15, 0.2) is 18.2 Å². The molecule has 1 aromatic carbocycles. The number of methoxy groups -OCH3 is 1. The van der Waals surface area contributed by atoms with Crippen molar-refractivity contribution in [3.63, 3.8) is 0 Å². The normalized spacial score (nSPS) is 14.4. The van der Waals surface area contributed by atoms with E-state index in [0.29, 0.717) is 0 Å². The molecule has 0 saturated carbocycles. The summed E-state index contributed by atoms with van der Waals surface area (Å²) in [5.74, 6) is -1.39. The first kappa shape index (κ1) is 17.1. The zero-order chi connectivity index (χ0) is 16.2. The van der Waals surface area contributed by atoms with E-state index in [4.69, 9.17) is 5.73 Å². The number of hydrogen-bond acceptors (Lipinski definition) is 6. The van der Waals surface area contributed by atoms with Crippen molar-refractivity contribution in [2.24, 2.45) is 0 Å². The Labute approximate surface area is 117 Å². The smallest absolute Gasteiger partial charge is 0.469 e. The van der Waals surface area contributed by atoms with Gasteiger partial charge < -0.3 is 25.4 Å². The van der Waals surface area contributed by atoms with E-state index >= 15 is 0 Å². The Morgan fingerprint density at radius 1 is 1.38 bits per heavy atom. The maximum Gasteiger partial charge on any atom is 0.573 e. The Balaban J connectivity index is 2.95. The predicted octanol–water partition coefficient (Wildman–Crippen LogP) is 1.12. The summed E-state index contributed by atoms with van der Waals surface area (Å²) in [6.45, 7) is 0. The molecule has 118 valence electrons. The molecule has 6 nitrogen and oxygen atoms in total. The molecule has 0 radical (unpaired) electrons. The van der Waals surface area contributed by atoms with Gasteiger partial charge in [0.2, 0.25) is 0 Å². The number of ether oxygens (including phenoxy) is 2. The summed E-state index contributed by atoms with van der Waals surface area (Å²) < 4.78 is 44.4. The van der Waals surface area contributed by atoms with E-state index in [9.17, 15) is 28.2 Å². The first-order chi connectivity index (χ1) is 9.64. The molecule has 0 aliphatic carbocycles. The topological polar surface area (TPSA) is 102 Å². The fourth-order valence-corrected chi connectivity index (χ4v) is 1.58. The number of benzene rings is 1. The van der Waals surface area contributed by atoms with E-state index in [-0.39, 0.29) is 11.3 Å². The molecule has 0 saturated heterocycles. The van der Waals surface area contributed by atoms with Crippen LogP contribution in [0.3, 0.4) is 0 Å². The Hall–Kier alpha value is -2.00. The van der Waals surface area contributed by atoms with Crippen LogP contribution >= 0.6 is 0 Å². The van der Waals surface area contributed by atoms with Gasteiger partial charge in [0.25, 0.3) is 0 Å². The fourth-order valence-electron chi connectivity index (χ4n) is 1.58. The van der Waals surface area contributed by atoms with Gasteiger partial charge in [-0.25, -0.2) is 0 Å². The third kappa shape index (κ3) is 5.12. The van der Waals surface area contributed by atoms with Gasteiger partial charge in [-0.1, -0.05) is 0 Å². The summed E-state index contributed by atoms with van der Waals surface area (Å²) in [6.07, 6.45) is -8.69. The van der Waals surface area contributed by atoms with E-state index in [0.717, 1.165) is 25.3 Å². The number of esters is 1. The van der Waals surface area contributed by atoms with E-state index < -0.39 is 36.7 Å². The second kappa shape index (κ2) is 6.64. The molecule has 1 aromatic rings. The second-order valence-electron chi connectivity index (χ2n) is 4.13. The van der Waals surface area contributed by atoms with Crippen LogP contribution in [0.4, 0.5) is 18.9 Å². The highest BCUT2D eigenvalue weighted by Crippen LogP contribution is 2.31. The van der Waals surface area contributed by atoms with Crippen LogP contribution < -0.4 is 10.5 Å². The minimum Gasteiger partial charge on any atom is -0.469 e. The quantitative estimate of drug-likeness (QED) is 0.556. The van der Waals surface area contributed by atoms with Crippen molar-refractivity contribution in [3.8, 4) is 5.75 Å². The van der Waals surface area contributed by atoms with Gasteiger partial charge in [0.1, 0.15) is 11.9 Å². The largest absolute Gasteiger partial charge is 0.573 e. The SMILES string of the molecule is COC(=O)CC(O)C(O)c1cc(OC(F)(F)F)ccc1N. The number of anilines is 1. The molecule has 0 spiro atoms. The van der Waals surface area contributed by atoms with Crippen molar-refractivity contribution in [2.75, 3.05) is 12.8 Å². The van der Waals surface area contributed by atoms with Crippen molar-refractivity contribution in [1.82, 2.24) is 0 Å². The molecule has 0 heterocycles. The van der Waals surface area contributed by atoms with Crippen LogP contribution in [0.25, 0.3) is 0 Å². The molecule has 2 atom stereocenters. The summed E-state index contributed by atoms with van der Waals surface area (Å²) in [5, 5.41) is 19.5. The number of aliphatic hydroxyl groups is 2. The lowest BCUT2D eigenvalue weighted by Gasteiger charge is -2.20. The lowest BCUT2D eigenvalue weighted by Crippen LogP contribution is -2.23. The Bertz CT molecular complexity index is 506. The summed E-state index contributed by atoms with van der Waals surface area (Å²) in [5.41, 5.74) is 5.29. The Morgan fingerprint density at radius 3 is 2.52 bits per heavy atom. The highest BCUT2D eigenvalue weighted by atomic mass is 19.4. The maximum absolute atomic E-state index is 12.1. The minimum absolute atomic E-state index is 0.0547. The average Bonchev–Trinajstić information content (AvgIpc) is 2.38. The van der Waals surface area contributed by atoms with Crippen LogP contribution in [0.2, 0.25) is 0 Å². The minimum atomic E-state index is -4.90.